The van der Waals surface area contributed by atoms with E-state index in [1.807, 2.05) is 0 Å². The van der Waals surface area contributed by atoms with Gasteiger partial charge >= 0.3 is 0 Å². The molecule has 0 atom stereocenters. The number of halogens is 6. The predicted molar refractivity (Wildman–Crippen MR) is 71.7 cm³/mol. The van der Waals surface area contributed by atoms with Gasteiger partial charge in [0.2, 0.25) is 5.82 Å². The van der Waals surface area contributed by atoms with Crippen LogP contribution in [0.2, 0.25) is 5.02 Å². The standard InChI is InChI=1S/C13H7ClF5NS/c14-6-2-1-3-7(20)13(6)21-4-5-8(15)10(17)12(19)11(18)9(5)16/h1-3H,4,20H2. The minimum Gasteiger partial charge on any atom is -0.398 e. The largest absolute Gasteiger partial charge is 0.398 e. The summed E-state index contributed by atoms with van der Waals surface area (Å²) in [5.41, 5.74) is 4.97. The number of nitrogens with two attached hydrogens (primary N) is 1. The van der Waals surface area contributed by atoms with Crippen molar-refractivity contribution in [1.29, 1.82) is 0 Å². The quantitative estimate of drug-likeness (QED) is 0.283. The van der Waals surface area contributed by atoms with Crippen LogP contribution in [0.15, 0.2) is 23.1 Å². The fourth-order valence-electron chi connectivity index (χ4n) is 1.60. The number of thioether (sulfide) groups is 1. The van der Waals surface area contributed by atoms with E-state index in [1.54, 1.807) is 6.07 Å². The molecule has 1 nitrogen and oxygen atoms in total. The smallest absolute Gasteiger partial charge is 0.200 e. The second kappa shape index (κ2) is 6.11. The van der Waals surface area contributed by atoms with Gasteiger partial charge in [-0.25, -0.2) is 22.0 Å². The summed E-state index contributed by atoms with van der Waals surface area (Å²) >= 11 is 6.65. The molecule has 2 aromatic carbocycles. The van der Waals surface area contributed by atoms with Gasteiger partial charge in [0, 0.05) is 21.9 Å². The van der Waals surface area contributed by atoms with Crippen LogP contribution in [0.25, 0.3) is 0 Å². The molecule has 0 saturated heterocycles. The van der Waals surface area contributed by atoms with Crippen molar-refractivity contribution in [1.82, 2.24) is 0 Å². The molecule has 0 heterocycles. The fraction of sp³-hybridized carbons (Fsp3) is 0.0769. The van der Waals surface area contributed by atoms with Gasteiger partial charge in [-0.3, -0.25) is 0 Å². The molecule has 2 N–H and O–H groups in total. The zero-order valence-electron chi connectivity index (χ0n) is 10.2. The Morgan fingerprint density at radius 1 is 0.905 bits per heavy atom. The zero-order chi connectivity index (χ0) is 15.7. The molecule has 21 heavy (non-hydrogen) atoms. The molecule has 0 aliphatic rings. The van der Waals surface area contributed by atoms with Crippen LogP contribution in [-0.4, -0.2) is 0 Å². The van der Waals surface area contributed by atoms with Gasteiger partial charge in [0.25, 0.3) is 0 Å². The van der Waals surface area contributed by atoms with Gasteiger partial charge in [-0.15, -0.1) is 11.8 Å². The summed E-state index contributed by atoms with van der Waals surface area (Å²) in [7, 11) is 0. The molecular formula is C13H7ClF5NS. The van der Waals surface area contributed by atoms with E-state index >= 15 is 0 Å². The highest BCUT2D eigenvalue weighted by Crippen LogP contribution is 2.36. The first-order valence-electron chi connectivity index (χ1n) is 5.51. The van der Waals surface area contributed by atoms with Crippen molar-refractivity contribution in [2.24, 2.45) is 0 Å². The molecule has 0 amide bonds. The van der Waals surface area contributed by atoms with E-state index < -0.39 is 40.4 Å². The molecule has 8 heteroatoms. The van der Waals surface area contributed by atoms with E-state index in [0.29, 0.717) is 4.90 Å². The number of nitrogen functional groups attached to an aromatic ring is 1. The van der Waals surface area contributed by atoms with Crippen molar-refractivity contribution in [3.05, 3.63) is 57.9 Å². The summed E-state index contributed by atoms with van der Waals surface area (Å²) in [4.78, 5) is 0.308. The van der Waals surface area contributed by atoms with E-state index in [2.05, 4.69) is 0 Å². The molecule has 0 saturated carbocycles. The van der Waals surface area contributed by atoms with Gasteiger partial charge in [-0.05, 0) is 12.1 Å². The molecule has 2 rings (SSSR count). The van der Waals surface area contributed by atoms with E-state index in [4.69, 9.17) is 17.3 Å². The maximum atomic E-state index is 13.5. The molecule has 2 aromatic rings. The van der Waals surface area contributed by atoms with E-state index in [1.165, 1.54) is 12.1 Å². The normalized spacial score (nSPS) is 11.0. The van der Waals surface area contributed by atoms with Crippen LogP contribution in [0, 0.1) is 29.1 Å². The van der Waals surface area contributed by atoms with Crippen LogP contribution in [0.4, 0.5) is 27.6 Å². The Morgan fingerprint density at radius 3 is 1.95 bits per heavy atom. The van der Waals surface area contributed by atoms with E-state index in [0.717, 1.165) is 11.8 Å². The molecule has 0 aliphatic carbocycles. The SMILES string of the molecule is Nc1cccc(Cl)c1SCc1c(F)c(F)c(F)c(F)c1F. The van der Waals surface area contributed by atoms with Crippen molar-refractivity contribution in [2.75, 3.05) is 5.73 Å². The van der Waals surface area contributed by atoms with Gasteiger partial charge < -0.3 is 5.73 Å². The maximum Gasteiger partial charge on any atom is 0.200 e. The van der Waals surface area contributed by atoms with Crippen molar-refractivity contribution >= 4 is 29.1 Å². The van der Waals surface area contributed by atoms with Crippen LogP contribution < -0.4 is 5.73 Å². The van der Waals surface area contributed by atoms with E-state index in [-0.39, 0.29) is 10.7 Å². The second-order valence-electron chi connectivity index (χ2n) is 4.00. The average Bonchev–Trinajstić information content (AvgIpc) is 2.45. The van der Waals surface area contributed by atoms with Gasteiger partial charge in [0.1, 0.15) is 0 Å². The Bertz CT molecular complexity index is 658. The topological polar surface area (TPSA) is 26.0 Å². The van der Waals surface area contributed by atoms with Crippen LogP contribution in [0.5, 0.6) is 0 Å². The average molecular weight is 340 g/mol. The second-order valence-corrected chi connectivity index (χ2v) is 5.39. The first-order valence-corrected chi connectivity index (χ1v) is 6.88. The minimum atomic E-state index is -2.18. The molecule has 0 unspecified atom stereocenters. The Kier molecular flexibility index (Phi) is 4.63. The molecule has 0 radical (unpaired) electrons. The molecule has 0 fully saturated rings. The lowest BCUT2D eigenvalue weighted by atomic mass is 10.2. The molecular weight excluding hydrogens is 333 g/mol. The Balaban J connectivity index is 2.37. The predicted octanol–water partition coefficient (Wildman–Crippen LogP) is 4.91. The Labute approximate surface area is 125 Å². The third-order valence-electron chi connectivity index (χ3n) is 2.66. The number of hydrogen-bond acceptors (Lipinski definition) is 2. The van der Waals surface area contributed by atoms with Gasteiger partial charge in [-0.1, -0.05) is 17.7 Å². The first kappa shape index (κ1) is 15.9. The fourth-order valence-corrected chi connectivity index (χ4v) is 2.93. The summed E-state index contributed by atoms with van der Waals surface area (Å²) in [6.07, 6.45) is 0. The van der Waals surface area contributed by atoms with Gasteiger partial charge in [0.05, 0.1) is 5.02 Å². The highest BCUT2D eigenvalue weighted by atomic mass is 35.5. The monoisotopic (exact) mass is 339 g/mol. The third-order valence-corrected chi connectivity index (χ3v) is 4.26. The van der Waals surface area contributed by atoms with Crippen LogP contribution in [0.3, 0.4) is 0 Å². The van der Waals surface area contributed by atoms with Crippen LogP contribution in [0.1, 0.15) is 5.56 Å². The van der Waals surface area contributed by atoms with Crippen molar-refractivity contribution in [3.8, 4) is 0 Å². The number of rotatable bonds is 3. The first-order chi connectivity index (χ1) is 9.84. The highest BCUT2D eigenvalue weighted by Gasteiger charge is 2.25. The molecule has 112 valence electrons. The molecule has 0 spiro atoms. The number of hydrogen-bond donors (Lipinski definition) is 1. The van der Waals surface area contributed by atoms with Gasteiger partial charge in [0.15, 0.2) is 23.3 Å². The van der Waals surface area contributed by atoms with Crippen molar-refractivity contribution in [3.63, 3.8) is 0 Å². The van der Waals surface area contributed by atoms with Crippen LogP contribution >= 0.6 is 23.4 Å². The number of benzene rings is 2. The van der Waals surface area contributed by atoms with Gasteiger partial charge in [-0.2, -0.15) is 0 Å². The zero-order valence-corrected chi connectivity index (χ0v) is 11.8. The summed E-state index contributed by atoms with van der Waals surface area (Å²) < 4.78 is 66.1. The summed E-state index contributed by atoms with van der Waals surface area (Å²) in [5, 5.41) is 0.226. The molecule has 0 aromatic heterocycles. The highest BCUT2D eigenvalue weighted by molar-refractivity contribution is 7.98. The summed E-state index contributed by atoms with van der Waals surface area (Å²) in [6.45, 7) is 0. The van der Waals surface area contributed by atoms with Crippen molar-refractivity contribution < 1.29 is 22.0 Å². The lowest BCUT2D eigenvalue weighted by Gasteiger charge is -2.10. The molecule has 0 aliphatic heterocycles. The van der Waals surface area contributed by atoms with Crippen LogP contribution in [-0.2, 0) is 5.75 Å². The Hall–Kier alpha value is -1.47. The summed E-state index contributed by atoms with van der Waals surface area (Å²) in [6, 6.07) is 4.58. The number of anilines is 1. The Morgan fingerprint density at radius 2 is 1.43 bits per heavy atom. The lowest BCUT2D eigenvalue weighted by Crippen LogP contribution is -2.06. The summed E-state index contributed by atoms with van der Waals surface area (Å²) in [5.74, 6) is -10.3. The maximum absolute atomic E-state index is 13.5. The minimum absolute atomic E-state index is 0.226. The third kappa shape index (κ3) is 2.94. The van der Waals surface area contributed by atoms with E-state index in [9.17, 15) is 22.0 Å². The van der Waals surface area contributed by atoms with Crippen molar-refractivity contribution in [2.45, 2.75) is 10.6 Å². The molecule has 0 bridgehead atoms. The lowest BCUT2D eigenvalue weighted by molar-refractivity contribution is 0.372.